The fourth-order valence-electron chi connectivity index (χ4n) is 3.35. The summed E-state index contributed by atoms with van der Waals surface area (Å²) in [6, 6.07) is 0.172. The van der Waals surface area contributed by atoms with Gasteiger partial charge in [0.05, 0.1) is 18.6 Å². The molecule has 116 valence electrons. The molecule has 1 atom stereocenters. The molecule has 5 heteroatoms. The van der Waals surface area contributed by atoms with E-state index in [0.29, 0.717) is 6.54 Å². The third-order valence-corrected chi connectivity index (χ3v) is 4.70. The lowest BCUT2D eigenvalue weighted by molar-refractivity contribution is -0.133. The average Bonchev–Trinajstić information content (AvgIpc) is 2.48. The highest BCUT2D eigenvalue weighted by Gasteiger charge is 2.38. The van der Waals surface area contributed by atoms with Crippen LogP contribution < -0.4 is 11.1 Å². The summed E-state index contributed by atoms with van der Waals surface area (Å²) in [5.74, 6) is 0.167. The van der Waals surface area contributed by atoms with Crippen molar-refractivity contribution in [1.82, 2.24) is 10.2 Å². The quantitative estimate of drug-likeness (QED) is 0.780. The Kier molecular flexibility index (Phi) is 5.81. The number of nitrogens with one attached hydrogen (secondary N) is 1. The first-order valence-corrected chi connectivity index (χ1v) is 7.97. The van der Waals surface area contributed by atoms with E-state index in [-0.39, 0.29) is 17.4 Å². The molecule has 5 nitrogen and oxygen atoms in total. The summed E-state index contributed by atoms with van der Waals surface area (Å²) in [5.41, 5.74) is 5.60. The van der Waals surface area contributed by atoms with Gasteiger partial charge in [-0.25, -0.2) is 0 Å². The molecule has 0 aromatic heterocycles. The Balaban J connectivity index is 1.82. The Morgan fingerprint density at radius 3 is 2.55 bits per heavy atom. The van der Waals surface area contributed by atoms with E-state index in [4.69, 9.17) is 10.5 Å². The Morgan fingerprint density at radius 1 is 1.30 bits per heavy atom. The molecule has 1 saturated carbocycles. The third kappa shape index (κ3) is 3.93. The van der Waals surface area contributed by atoms with Crippen molar-refractivity contribution in [2.75, 3.05) is 39.4 Å². The van der Waals surface area contributed by atoms with E-state index in [1.165, 1.54) is 6.42 Å². The molecule has 0 aromatic carbocycles. The summed E-state index contributed by atoms with van der Waals surface area (Å²) in [7, 11) is 0. The van der Waals surface area contributed by atoms with Crippen LogP contribution in [0.1, 0.15) is 39.0 Å². The second-order valence-electron chi connectivity index (χ2n) is 6.33. The van der Waals surface area contributed by atoms with E-state index in [2.05, 4.69) is 17.1 Å². The van der Waals surface area contributed by atoms with Gasteiger partial charge in [0.15, 0.2) is 0 Å². The smallest absolute Gasteiger partial charge is 0.227 e. The van der Waals surface area contributed by atoms with E-state index < -0.39 is 0 Å². The first kappa shape index (κ1) is 15.7. The zero-order valence-corrected chi connectivity index (χ0v) is 12.7. The fourth-order valence-corrected chi connectivity index (χ4v) is 3.35. The lowest BCUT2D eigenvalue weighted by Crippen LogP contribution is -2.52. The fraction of sp³-hybridized carbons (Fsp3) is 0.933. The van der Waals surface area contributed by atoms with Gasteiger partial charge in [-0.1, -0.05) is 19.3 Å². The molecule has 0 spiro atoms. The summed E-state index contributed by atoms with van der Waals surface area (Å²) < 4.78 is 5.35. The Labute approximate surface area is 122 Å². The first-order valence-electron chi connectivity index (χ1n) is 7.97. The SMILES string of the molecule is CC(CN1CCOCC1)NC(=O)C1(CN)CCCCC1. The standard InChI is InChI=1S/C15H29N3O2/c1-13(11-18-7-9-20-10-8-18)17-14(19)15(12-16)5-3-2-4-6-15/h13H,2-12,16H2,1H3,(H,17,19). The number of amides is 1. The van der Waals surface area contributed by atoms with Crippen LogP contribution in [-0.2, 0) is 9.53 Å². The number of nitrogens with zero attached hydrogens (tertiary/aromatic N) is 1. The normalized spacial score (nSPS) is 25.1. The Hall–Kier alpha value is -0.650. The maximum atomic E-state index is 12.6. The summed E-state index contributed by atoms with van der Waals surface area (Å²) >= 11 is 0. The van der Waals surface area contributed by atoms with Crippen LogP contribution in [0.3, 0.4) is 0 Å². The first-order chi connectivity index (χ1) is 9.66. The largest absolute Gasteiger partial charge is 0.379 e. The van der Waals surface area contributed by atoms with E-state index in [0.717, 1.165) is 58.5 Å². The van der Waals surface area contributed by atoms with Gasteiger partial charge in [-0.15, -0.1) is 0 Å². The van der Waals surface area contributed by atoms with Gasteiger partial charge >= 0.3 is 0 Å². The van der Waals surface area contributed by atoms with Crippen molar-refractivity contribution < 1.29 is 9.53 Å². The summed E-state index contributed by atoms with van der Waals surface area (Å²) in [6.45, 7) is 6.98. The Bertz CT molecular complexity index is 310. The van der Waals surface area contributed by atoms with Gasteiger partial charge in [-0.3, -0.25) is 9.69 Å². The predicted molar refractivity (Wildman–Crippen MR) is 79.4 cm³/mol. The number of carbonyl (C=O) groups excluding carboxylic acids is 1. The van der Waals surface area contributed by atoms with Gasteiger partial charge in [0, 0.05) is 32.2 Å². The highest BCUT2D eigenvalue weighted by atomic mass is 16.5. The van der Waals surface area contributed by atoms with Gasteiger partial charge < -0.3 is 15.8 Å². The molecule has 1 amide bonds. The minimum absolute atomic E-state index is 0.167. The van der Waals surface area contributed by atoms with Gasteiger partial charge in [-0.05, 0) is 19.8 Å². The van der Waals surface area contributed by atoms with Crippen LogP contribution >= 0.6 is 0 Å². The van der Waals surface area contributed by atoms with Crippen LogP contribution in [0.4, 0.5) is 0 Å². The van der Waals surface area contributed by atoms with Crippen molar-refractivity contribution in [3.63, 3.8) is 0 Å². The van der Waals surface area contributed by atoms with E-state index in [9.17, 15) is 4.79 Å². The van der Waals surface area contributed by atoms with Crippen LogP contribution in [0.2, 0.25) is 0 Å². The lowest BCUT2D eigenvalue weighted by Gasteiger charge is -2.36. The topological polar surface area (TPSA) is 67.6 Å². The molecule has 1 unspecified atom stereocenters. The van der Waals surface area contributed by atoms with Crippen molar-refractivity contribution in [2.45, 2.75) is 45.1 Å². The predicted octanol–water partition coefficient (Wildman–Crippen LogP) is 0.733. The zero-order valence-electron chi connectivity index (χ0n) is 12.7. The molecule has 2 fully saturated rings. The number of ether oxygens (including phenoxy) is 1. The molecule has 1 aliphatic carbocycles. The van der Waals surface area contributed by atoms with Crippen molar-refractivity contribution in [3.05, 3.63) is 0 Å². The van der Waals surface area contributed by atoms with Crippen molar-refractivity contribution >= 4 is 5.91 Å². The van der Waals surface area contributed by atoms with Crippen LogP contribution in [-0.4, -0.2) is 56.2 Å². The Morgan fingerprint density at radius 2 is 1.95 bits per heavy atom. The number of carbonyl (C=O) groups is 1. The number of rotatable bonds is 5. The van der Waals surface area contributed by atoms with Crippen molar-refractivity contribution in [2.24, 2.45) is 11.1 Å². The summed E-state index contributed by atoms with van der Waals surface area (Å²) in [6.07, 6.45) is 5.38. The maximum absolute atomic E-state index is 12.6. The van der Waals surface area contributed by atoms with E-state index in [1.54, 1.807) is 0 Å². The molecule has 3 N–H and O–H groups in total. The number of hydrogen-bond donors (Lipinski definition) is 2. The molecule has 1 heterocycles. The third-order valence-electron chi connectivity index (χ3n) is 4.70. The van der Waals surface area contributed by atoms with Gasteiger partial charge in [0.1, 0.15) is 0 Å². The number of hydrogen-bond acceptors (Lipinski definition) is 4. The minimum atomic E-state index is -0.308. The molecular weight excluding hydrogens is 254 g/mol. The molecule has 20 heavy (non-hydrogen) atoms. The second-order valence-corrected chi connectivity index (χ2v) is 6.33. The van der Waals surface area contributed by atoms with Crippen LogP contribution in [0, 0.1) is 5.41 Å². The average molecular weight is 283 g/mol. The molecule has 0 bridgehead atoms. The molecule has 0 radical (unpaired) electrons. The van der Waals surface area contributed by atoms with Crippen molar-refractivity contribution in [1.29, 1.82) is 0 Å². The van der Waals surface area contributed by atoms with E-state index in [1.807, 2.05) is 0 Å². The van der Waals surface area contributed by atoms with Gasteiger partial charge in [0.25, 0.3) is 0 Å². The summed E-state index contributed by atoms with van der Waals surface area (Å²) in [5, 5.41) is 3.19. The van der Waals surface area contributed by atoms with Gasteiger partial charge in [-0.2, -0.15) is 0 Å². The molecule has 2 rings (SSSR count). The number of nitrogens with two attached hydrogens (primary N) is 1. The molecule has 1 saturated heterocycles. The lowest BCUT2D eigenvalue weighted by atomic mass is 9.73. The van der Waals surface area contributed by atoms with Crippen LogP contribution in [0.25, 0.3) is 0 Å². The van der Waals surface area contributed by atoms with Gasteiger partial charge in [0.2, 0.25) is 5.91 Å². The maximum Gasteiger partial charge on any atom is 0.227 e. The molecule has 0 aromatic rings. The van der Waals surface area contributed by atoms with E-state index >= 15 is 0 Å². The zero-order chi connectivity index (χ0) is 14.4. The van der Waals surface area contributed by atoms with Crippen LogP contribution in [0.15, 0.2) is 0 Å². The highest BCUT2D eigenvalue weighted by molar-refractivity contribution is 5.83. The molecular formula is C15H29N3O2. The molecule has 2 aliphatic rings. The number of morpholine rings is 1. The monoisotopic (exact) mass is 283 g/mol. The van der Waals surface area contributed by atoms with Crippen LogP contribution in [0.5, 0.6) is 0 Å². The summed E-state index contributed by atoms with van der Waals surface area (Å²) in [4.78, 5) is 14.9. The molecule has 1 aliphatic heterocycles. The minimum Gasteiger partial charge on any atom is -0.379 e. The second kappa shape index (κ2) is 7.38. The van der Waals surface area contributed by atoms with Crippen molar-refractivity contribution in [3.8, 4) is 0 Å². The highest BCUT2D eigenvalue weighted by Crippen LogP contribution is 2.35.